The maximum Gasteiger partial charge on any atom is 0.243 e. The van der Waals surface area contributed by atoms with Gasteiger partial charge in [-0.25, -0.2) is 22.2 Å². The van der Waals surface area contributed by atoms with Crippen molar-refractivity contribution < 1.29 is 21.9 Å². The molecule has 0 aliphatic carbocycles. The molecule has 0 spiro atoms. The van der Waals surface area contributed by atoms with E-state index in [9.17, 15) is 17.2 Å². The summed E-state index contributed by atoms with van der Waals surface area (Å²) in [5.74, 6) is -0.686. The highest BCUT2D eigenvalue weighted by molar-refractivity contribution is 7.89. The predicted molar refractivity (Wildman–Crippen MR) is 132 cm³/mol. The number of aromatic nitrogens is 2. The number of ether oxygens (including phenoxy) is 1. The lowest BCUT2D eigenvalue weighted by Crippen LogP contribution is -2.38. The highest BCUT2D eigenvalue weighted by Crippen LogP contribution is 2.35. The molecule has 5 rings (SSSR count). The summed E-state index contributed by atoms with van der Waals surface area (Å²) in [7, 11) is -3.86. The third kappa shape index (κ3) is 5.02. The molecule has 2 aliphatic rings. The second kappa shape index (κ2) is 9.91. The number of benzene rings is 2. The number of piperidine rings is 1. The van der Waals surface area contributed by atoms with Gasteiger partial charge in [-0.2, -0.15) is 9.29 Å². The number of anilines is 1. The molecule has 1 aromatic heterocycles. The number of hydrogen-bond acceptors (Lipinski definition) is 6. The van der Waals surface area contributed by atoms with E-state index in [2.05, 4.69) is 16.8 Å². The van der Waals surface area contributed by atoms with E-state index >= 15 is 0 Å². The molecule has 0 saturated carbocycles. The van der Waals surface area contributed by atoms with E-state index in [-0.39, 0.29) is 29.6 Å². The molecule has 3 heterocycles. The molecular weight excluding hydrogens is 510 g/mol. The third-order valence-corrected chi connectivity index (χ3v) is 8.65. The Bertz CT molecular complexity index is 1400. The Morgan fingerprint density at radius 3 is 2.56 bits per heavy atom. The van der Waals surface area contributed by atoms with Crippen LogP contribution < -0.4 is 9.64 Å². The molecule has 0 radical (unpaired) electrons. The van der Waals surface area contributed by atoms with Gasteiger partial charge in [-0.05, 0) is 49.1 Å². The number of halogens is 3. The summed E-state index contributed by atoms with van der Waals surface area (Å²) < 4.78 is 61.7. The molecule has 2 aliphatic heterocycles. The molecule has 2 aromatic carbocycles. The first-order chi connectivity index (χ1) is 17.2. The largest absolute Gasteiger partial charge is 0.435 e. The maximum absolute atomic E-state index is 14.5. The fraction of sp³-hybridized carbons (Fsp3) is 0.360. The fourth-order valence-electron chi connectivity index (χ4n) is 4.42. The lowest BCUT2D eigenvalue weighted by Gasteiger charge is -2.33. The molecule has 11 heteroatoms. The molecule has 7 nitrogen and oxygen atoms in total. The maximum atomic E-state index is 14.5. The topological polar surface area (TPSA) is 75.6 Å². The summed E-state index contributed by atoms with van der Waals surface area (Å²) in [4.78, 5) is 11.5. The first-order valence-corrected chi connectivity index (χ1v) is 13.6. The standard InChI is InChI=1S/C25H25ClF2N4O3S/c1-16-7-10-31(11-8-16)25-29-22-9-12-32(36(33,34)19-4-2-3-17(26)13-19)15-20(22)24(30-25)35-23-6-5-18(27)14-21(23)28/h2-6,13-14,16H,7-12,15H2,1H3. The highest BCUT2D eigenvalue weighted by Gasteiger charge is 2.33. The van der Waals surface area contributed by atoms with Crippen LogP contribution in [0.1, 0.15) is 31.0 Å². The quantitative estimate of drug-likeness (QED) is 0.449. The second-order valence-electron chi connectivity index (χ2n) is 9.15. The number of fused-ring (bicyclic) bond motifs is 1. The minimum atomic E-state index is -3.86. The van der Waals surface area contributed by atoms with Gasteiger partial charge in [0.2, 0.25) is 21.9 Å². The van der Waals surface area contributed by atoms with Crippen molar-refractivity contribution in [2.75, 3.05) is 24.5 Å². The summed E-state index contributed by atoms with van der Waals surface area (Å²) in [6.07, 6.45) is 2.32. The van der Waals surface area contributed by atoms with Crippen molar-refractivity contribution in [3.05, 3.63) is 70.4 Å². The first-order valence-electron chi connectivity index (χ1n) is 11.7. The zero-order chi connectivity index (χ0) is 25.4. The predicted octanol–water partition coefficient (Wildman–Crippen LogP) is 5.18. The van der Waals surface area contributed by atoms with Crippen LogP contribution in [-0.4, -0.2) is 42.3 Å². The van der Waals surface area contributed by atoms with E-state index < -0.39 is 21.7 Å². The molecule has 0 atom stereocenters. The van der Waals surface area contributed by atoms with Crippen LogP contribution in [0.3, 0.4) is 0 Å². The molecule has 0 N–H and O–H groups in total. The second-order valence-corrected chi connectivity index (χ2v) is 11.5. The number of sulfonamides is 1. The lowest BCUT2D eigenvalue weighted by atomic mass is 9.99. The summed E-state index contributed by atoms with van der Waals surface area (Å²) in [6, 6.07) is 9.07. The van der Waals surface area contributed by atoms with Crippen LogP contribution in [0, 0.1) is 17.6 Å². The van der Waals surface area contributed by atoms with Crippen molar-refractivity contribution in [1.82, 2.24) is 14.3 Å². The van der Waals surface area contributed by atoms with Crippen molar-refractivity contribution in [3.63, 3.8) is 0 Å². The molecule has 36 heavy (non-hydrogen) atoms. The highest BCUT2D eigenvalue weighted by atomic mass is 35.5. The minimum absolute atomic E-state index is 0.0559. The van der Waals surface area contributed by atoms with Gasteiger partial charge in [0.15, 0.2) is 11.6 Å². The summed E-state index contributed by atoms with van der Waals surface area (Å²) in [5, 5.41) is 0.313. The summed E-state index contributed by atoms with van der Waals surface area (Å²) in [5.41, 5.74) is 1.10. The average Bonchev–Trinajstić information content (AvgIpc) is 2.85. The van der Waals surface area contributed by atoms with Gasteiger partial charge < -0.3 is 9.64 Å². The molecule has 0 unspecified atom stereocenters. The Balaban J connectivity index is 1.53. The SMILES string of the molecule is CC1CCN(c2nc3c(c(Oc4ccc(F)cc4F)n2)CN(S(=O)(=O)c2cccc(Cl)c2)CC3)CC1. The lowest BCUT2D eigenvalue weighted by molar-refractivity contribution is 0.362. The summed E-state index contributed by atoms with van der Waals surface area (Å²) in [6.45, 7) is 3.91. The van der Waals surface area contributed by atoms with E-state index in [1.54, 1.807) is 12.1 Å². The van der Waals surface area contributed by atoms with Crippen molar-refractivity contribution in [3.8, 4) is 11.6 Å². The van der Waals surface area contributed by atoms with E-state index in [1.165, 1.54) is 22.5 Å². The third-order valence-electron chi connectivity index (χ3n) is 6.58. The monoisotopic (exact) mass is 534 g/mol. The average molecular weight is 535 g/mol. The minimum Gasteiger partial charge on any atom is -0.435 e. The van der Waals surface area contributed by atoms with E-state index in [4.69, 9.17) is 21.3 Å². The molecule has 0 bridgehead atoms. The Kier molecular flexibility index (Phi) is 6.84. The molecule has 3 aromatic rings. The number of rotatable bonds is 5. The van der Waals surface area contributed by atoms with Gasteiger partial charge in [-0.3, -0.25) is 0 Å². The van der Waals surface area contributed by atoms with Crippen LogP contribution in [-0.2, 0) is 23.0 Å². The Hall–Kier alpha value is -2.82. The van der Waals surface area contributed by atoms with E-state index in [0.717, 1.165) is 38.1 Å². The molecular formula is C25H25ClF2N4O3S. The van der Waals surface area contributed by atoms with Crippen LogP contribution in [0.5, 0.6) is 11.6 Å². The van der Waals surface area contributed by atoms with Gasteiger partial charge in [-0.1, -0.05) is 24.6 Å². The fourth-order valence-corrected chi connectivity index (χ4v) is 6.14. The van der Waals surface area contributed by atoms with Crippen LogP contribution in [0.2, 0.25) is 5.02 Å². The van der Waals surface area contributed by atoms with Gasteiger partial charge >= 0.3 is 0 Å². The van der Waals surface area contributed by atoms with Crippen molar-refractivity contribution >= 4 is 27.6 Å². The zero-order valence-corrected chi connectivity index (χ0v) is 21.2. The number of nitrogens with zero attached hydrogens (tertiary/aromatic N) is 4. The van der Waals surface area contributed by atoms with Gasteiger partial charge in [0, 0.05) is 43.7 Å². The first kappa shape index (κ1) is 24.9. The van der Waals surface area contributed by atoms with Crippen molar-refractivity contribution in [2.45, 2.75) is 37.6 Å². The van der Waals surface area contributed by atoms with E-state index in [1.807, 2.05) is 0 Å². The van der Waals surface area contributed by atoms with Gasteiger partial charge in [-0.15, -0.1) is 0 Å². The van der Waals surface area contributed by atoms with Gasteiger partial charge in [0.1, 0.15) is 5.82 Å². The van der Waals surface area contributed by atoms with Crippen molar-refractivity contribution in [1.29, 1.82) is 0 Å². The smallest absolute Gasteiger partial charge is 0.243 e. The van der Waals surface area contributed by atoms with Crippen LogP contribution in [0.15, 0.2) is 47.4 Å². The Labute approximate surface area is 213 Å². The molecule has 1 saturated heterocycles. The normalized spacial score (nSPS) is 17.2. The molecule has 0 amide bonds. The van der Waals surface area contributed by atoms with E-state index in [0.29, 0.717) is 34.6 Å². The van der Waals surface area contributed by atoms with Crippen LogP contribution >= 0.6 is 11.6 Å². The summed E-state index contributed by atoms with van der Waals surface area (Å²) >= 11 is 6.02. The number of hydrogen-bond donors (Lipinski definition) is 0. The zero-order valence-electron chi connectivity index (χ0n) is 19.6. The van der Waals surface area contributed by atoms with Crippen LogP contribution in [0.25, 0.3) is 0 Å². The van der Waals surface area contributed by atoms with Crippen molar-refractivity contribution in [2.24, 2.45) is 5.92 Å². The Morgan fingerprint density at radius 1 is 1.06 bits per heavy atom. The van der Waals surface area contributed by atoms with Gasteiger partial charge in [0.25, 0.3) is 0 Å². The molecule has 1 fully saturated rings. The Morgan fingerprint density at radius 2 is 1.83 bits per heavy atom. The van der Waals surface area contributed by atoms with Crippen LogP contribution in [0.4, 0.5) is 14.7 Å². The molecule has 190 valence electrons. The van der Waals surface area contributed by atoms with Gasteiger partial charge in [0.05, 0.1) is 16.2 Å².